The van der Waals surface area contributed by atoms with E-state index < -0.39 is 5.60 Å². The number of nitrogens with zero attached hydrogens (tertiary/aromatic N) is 1. The lowest BCUT2D eigenvalue weighted by atomic mass is 10.2. The highest BCUT2D eigenvalue weighted by molar-refractivity contribution is 5.69. The van der Waals surface area contributed by atoms with E-state index in [2.05, 4.69) is 4.99 Å². The molecule has 13 heavy (non-hydrogen) atoms. The van der Waals surface area contributed by atoms with E-state index in [-0.39, 0.29) is 5.97 Å². The molecule has 0 aliphatic carbocycles. The molecule has 0 aromatic rings. The molecule has 0 amide bonds. The zero-order valence-electron chi connectivity index (χ0n) is 8.29. The van der Waals surface area contributed by atoms with Crippen LogP contribution in [0.3, 0.4) is 0 Å². The largest absolute Gasteiger partial charge is 0.460 e. The molecule has 0 saturated carbocycles. The topological polar surface area (TPSA) is 55.7 Å². The van der Waals surface area contributed by atoms with Gasteiger partial charge >= 0.3 is 5.97 Å². The Morgan fingerprint density at radius 2 is 2.08 bits per heavy atom. The standard InChI is InChI=1S/C9H15NO3/c1-9(2,3)13-8(12)5-4-6-10-7-11/h4-6H2,1-3H3. The number of carbonyl (C=O) groups is 1. The Morgan fingerprint density at radius 1 is 1.46 bits per heavy atom. The van der Waals surface area contributed by atoms with Gasteiger partial charge < -0.3 is 4.74 Å². The Balaban J connectivity index is 3.58. The van der Waals surface area contributed by atoms with Crippen LogP contribution in [0.15, 0.2) is 4.99 Å². The molecule has 0 radical (unpaired) electrons. The van der Waals surface area contributed by atoms with Gasteiger partial charge in [0.2, 0.25) is 6.08 Å². The van der Waals surface area contributed by atoms with E-state index >= 15 is 0 Å². The lowest BCUT2D eigenvalue weighted by Gasteiger charge is -2.19. The van der Waals surface area contributed by atoms with Crippen LogP contribution in [0.25, 0.3) is 0 Å². The molecule has 0 spiro atoms. The molecule has 0 aromatic heterocycles. The van der Waals surface area contributed by atoms with Crippen LogP contribution in [0.5, 0.6) is 0 Å². The van der Waals surface area contributed by atoms with E-state index in [1.807, 2.05) is 20.8 Å². The summed E-state index contributed by atoms with van der Waals surface area (Å²) in [6.07, 6.45) is 2.24. The summed E-state index contributed by atoms with van der Waals surface area (Å²) < 4.78 is 5.04. The summed E-state index contributed by atoms with van der Waals surface area (Å²) in [7, 11) is 0. The highest BCUT2D eigenvalue weighted by Crippen LogP contribution is 2.08. The first-order chi connectivity index (χ1) is 5.95. The van der Waals surface area contributed by atoms with E-state index in [0.29, 0.717) is 19.4 Å². The summed E-state index contributed by atoms with van der Waals surface area (Å²) in [6.45, 7) is 5.78. The maximum absolute atomic E-state index is 11.1. The van der Waals surface area contributed by atoms with Gasteiger partial charge in [0.1, 0.15) is 5.60 Å². The van der Waals surface area contributed by atoms with Gasteiger partial charge in [0.15, 0.2) is 0 Å². The normalized spacial score (nSPS) is 10.4. The molecule has 0 fully saturated rings. The fraction of sp³-hybridized carbons (Fsp3) is 0.778. The minimum atomic E-state index is -0.439. The van der Waals surface area contributed by atoms with Crippen LogP contribution < -0.4 is 0 Å². The zero-order chi connectivity index (χ0) is 10.3. The summed E-state index contributed by atoms with van der Waals surface area (Å²) >= 11 is 0. The third-order valence-corrected chi connectivity index (χ3v) is 1.14. The maximum Gasteiger partial charge on any atom is 0.306 e. The van der Waals surface area contributed by atoms with E-state index in [1.54, 1.807) is 0 Å². The average molecular weight is 185 g/mol. The molecule has 0 rings (SSSR count). The maximum atomic E-state index is 11.1. The minimum absolute atomic E-state index is 0.256. The Kier molecular flexibility index (Phi) is 5.00. The quantitative estimate of drug-likeness (QED) is 0.288. The number of hydrogen-bond acceptors (Lipinski definition) is 4. The summed E-state index contributed by atoms with van der Waals surface area (Å²) in [5.41, 5.74) is -0.439. The number of hydrogen-bond donors (Lipinski definition) is 0. The molecule has 0 atom stereocenters. The first-order valence-corrected chi connectivity index (χ1v) is 4.21. The van der Waals surface area contributed by atoms with Crippen LogP contribution in [0, 0.1) is 0 Å². The van der Waals surface area contributed by atoms with Gasteiger partial charge in [-0.1, -0.05) is 0 Å². The summed E-state index contributed by atoms with van der Waals surface area (Å²) in [4.78, 5) is 24.1. The fourth-order valence-corrected chi connectivity index (χ4v) is 0.741. The molecule has 0 bridgehead atoms. The van der Waals surface area contributed by atoms with Gasteiger partial charge in [-0.2, -0.15) is 0 Å². The van der Waals surface area contributed by atoms with Crippen LogP contribution in [0.2, 0.25) is 0 Å². The number of rotatable bonds is 4. The Bertz CT molecular complexity index is 211. The van der Waals surface area contributed by atoms with Crippen molar-refractivity contribution < 1.29 is 14.3 Å². The molecule has 0 N–H and O–H groups in total. The Hall–Kier alpha value is -1.15. The van der Waals surface area contributed by atoms with Gasteiger partial charge in [-0.3, -0.25) is 4.79 Å². The molecule has 4 heteroatoms. The van der Waals surface area contributed by atoms with Crippen molar-refractivity contribution >= 4 is 12.0 Å². The highest BCUT2D eigenvalue weighted by Gasteiger charge is 2.15. The average Bonchev–Trinajstić information content (AvgIpc) is 1.94. The molecule has 0 heterocycles. The van der Waals surface area contributed by atoms with Gasteiger partial charge in [-0.15, -0.1) is 0 Å². The second kappa shape index (κ2) is 5.49. The lowest BCUT2D eigenvalue weighted by Crippen LogP contribution is -2.23. The lowest BCUT2D eigenvalue weighted by molar-refractivity contribution is -0.154. The number of aliphatic imine (C=N–C) groups is 1. The molecule has 0 unspecified atom stereocenters. The summed E-state index contributed by atoms with van der Waals surface area (Å²) in [5, 5.41) is 0. The smallest absolute Gasteiger partial charge is 0.306 e. The molecule has 0 aromatic carbocycles. The molecule has 0 aliphatic heterocycles. The second-order valence-electron chi connectivity index (χ2n) is 3.66. The van der Waals surface area contributed by atoms with E-state index in [1.165, 1.54) is 6.08 Å². The molecule has 0 saturated heterocycles. The van der Waals surface area contributed by atoms with Crippen LogP contribution in [-0.2, 0) is 14.3 Å². The predicted molar refractivity (Wildman–Crippen MR) is 48.1 cm³/mol. The summed E-state index contributed by atoms with van der Waals surface area (Å²) in [6, 6.07) is 0. The third kappa shape index (κ3) is 8.76. The van der Waals surface area contributed by atoms with E-state index in [9.17, 15) is 9.59 Å². The van der Waals surface area contributed by atoms with Crippen LogP contribution in [-0.4, -0.2) is 24.2 Å². The molecular weight excluding hydrogens is 170 g/mol. The molecule has 0 aliphatic rings. The molecule has 4 nitrogen and oxygen atoms in total. The Morgan fingerprint density at radius 3 is 2.54 bits per heavy atom. The van der Waals surface area contributed by atoms with Gasteiger partial charge in [-0.05, 0) is 27.2 Å². The van der Waals surface area contributed by atoms with Gasteiger partial charge in [0.25, 0.3) is 0 Å². The Labute approximate surface area is 78.0 Å². The van der Waals surface area contributed by atoms with Gasteiger partial charge in [0, 0.05) is 6.42 Å². The first kappa shape index (κ1) is 11.8. The third-order valence-electron chi connectivity index (χ3n) is 1.14. The molecular formula is C9H15NO3. The first-order valence-electron chi connectivity index (χ1n) is 4.21. The van der Waals surface area contributed by atoms with Crippen LogP contribution in [0.1, 0.15) is 33.6 Å². The zero-order valence-corrected chi connectivity index (χ0v) is 8.29. The van der Waals surface area contributed by atoms with E-state index in [0.717, 1.165) is 0 Å². The monoisotopic (exact) mass is 185 g/mol. The number of esters is 1. The fourth-order valence-electron chi connectivity index (χ4n) is 0.741. The van der Waals surface area contributed by atoms with Crippen molar-refractivity contribution in [1.82, 2.24) is 0 Å². The number of ether oxygens (including phenoxy) is 1. The second-order valence-corrected chi connectivity index (χ2v) is 3.66. The van der Waals surface area contributed by atoms with E-state index in [4.69, 9.17) is 4.74 Å². The van der Waals surface area contributed by atoms with Crippen LogP contribution >= 0.6 is 0 Å². The van der Waals surface area contributed by atoms with Crippen molar-refractivity contribution in [3.05, 3.63) is 0 Å². The van der Waals surface area contributed by atoms with Crippen molar-refractivity contribution in [2.45, 2.75) is 39.2 Å². The van der Waals surface area contributed by atoms with Crippen molar-refractivity contribution in [3.8, 4) is 0 Å². The number of isocyanates is 1. The van der Waals surface area contributed by atoms with Crippen molar-refractivity contribution in [1.29, 1.82) is 0 Å². The minimum Gasteiger partial charge on any atom is -0.460 e. The van der Waals surface area contributed by atoms with Crippen molar-refractivity contribution in [2.24, 2.45) is 4.99 Å². The van der Waals surface area contributed by atoms with Crippen molar-refractivity contribution in [3.63, 3.8) is 0 Å². The van der Waals surface area contributed by atoms with Crippen LogP contribution in [0.4, 0.5) is 0 Å². The van der Waals surface area contributed by atoms with Gasteiger partial charge in [0.05, 0.1) is 6.54 Å². The predicted octanol–water partition coefficient (Wildman–Crippen LogP) is 1.44. The SMILES string of the molecule is CC(C)(C)OC(=O)CCCN=C=O. The van der Waals surface area contributed by atoms with Crippen molar-refractivity contribution in [2.75, 3.05) is 6.54 Å². The summed E-state index contributed by atoms with van der Waals surface area (Å²) in [5.74, 6) is -0.256. The highest BCUT2D eigenvalue weighted by atomic mass is 16.6. The van der Waals surface area contributed by atoms with Gasteiger partial charge in [-0.25, -0.2) is 9.79 Å². The molecule has 74 valence electrons. The number of carbonyl (C=O) groups excluding carboxylic acids is 2.